The Morgan fingerprint density at radius 3 is 2.88 bits per heavy atom. The van der Waals surface area contributed by atoms with Gasteiger partial charge in [-0.15, -0.1) is 0 Å². The topological polar surface area (TPSA) is 44.8 Å². The van der Waals surface area contributed by atoms with E-state index in [4.69, 9.17) is 4.74 Å². The van der Waals surface area contributed by atoms with Crippen molar-refractivity contribution in [2.24, 2.45) is 11.8 Å². The molecule has 5 heteroatoms. The number of urea groups is 1. The smallest absolute Gasteiger partial charge is 0.317 e. The van der Waals surface area contributed by atoms with Crippen LogP contribution in [0.2, 0.25) is 0 Å². The van der Waals surface area contributed by atoms with E-state index in [0.29, 0.717) is 18.4 Å². The van der Waals surface area contributed by atoms with Crippen LogP contribution in [0.3, 0.4) is 0 Å². The second kappa shape index (κ2) is 8.68. The SMILES string of the molecule is CCN(C)C[C@@H]1CCN(C(=O)NC[C@H]2CCO[C@H]2c2ccccc2)C1. The van der Waals surface area contributed by atoms with Gasteiger partial charge in [0.15, 0.2) is 0 Å². The lowest BCUT2D eigenvalue weighted by atomic mass is 9.95. The zero-order valence-corrected chi connectivity index (χ0v) is 15.5. The first-order chi connectivity index (χ1) is 12.2. The van der Waals surface area contributed by atoms with Gasteiger partial charge >= 0.3 is 6.03 Å². The maximum atomic E-state index is 12.5. The highest BCUT2D eigenvalue weighted by Crippen LogP contribution is 2.33. The lowest BCUT2D eigenvalue weighted by molar-refractivity contribution is 0.0906. The van der Waals surface area contributed by atoms with E-state index in [1.807, 2.05) is 23.1 Å². The Morgan fingerprint density at radius 1 is 1.32 bits per heavy atom. The maximum absolute atomic E-state index is 12.5. The molecule has 0 aromatic heterocycles. The summed E-state index contributed by atoms with van der Waals surface area (Å²) in [4.78, 5) is 16.8. The third-order valence-corrected chi connectivity index (χ3v) is 5.54. The van der Waals surface area contributed by atoms with Gasteiger partial charge in [0, 0.05) is 38.7 Å². The van der Waals surface area contributed by atoms with Gasteiger partial charge in [0.1, 0.15) is 0 Å². The summed E-state index contributed by atoms with van der Waals surface area (Å²) in [7, 11) is 2.15. The van der Waals surface area contributed by atoms with Crippen LogP contribution in [0.1, 0.15) is 31.4 Å². The molecular weight excluding hydrogens is 314 g/mol. The number of carbonyl (C=O) groups excluding carboxylic acids is 1. The molecule has 1 aromatic carbocycles. The second-order valence-corrected chi connectivity index (χ2v) is 7.39. The third kappa shape index (κ3) is 4.73. The minimum atomic E-state index is 0.0837. The second-order valence-electron chi connectivity index (χ2n) is 7.39. The van der Waals surface area contributed by atoms with Crippen molar-refractivity contribution in [2.45, 2.75) is 25.9 Å². The fraction of sp³-hybridized carbons (Fsp3) is 0.650. The van der Waals surface area contributed by atoms with Gasteiger partial charge < -0.3 is 19.9 Å². The van der Waals surface area contributed by atoms with Crippen LogP contribution in [0.25, 0.3) is 0 Å². The molecule has 5 nitrogen and oxygen atoms in total. The number of ether oxygens (including phenoxy) is 1. The maximum Gasteiger partial charge on any atom is 0.317 e. The van der Waals surface area contributed by atoms with Gasteiger partial charge in [0.25, 0.3) is 0 Å². The highest BCUT2D eigenvalue weighted by molar-refractivity contribution is 5.74. The Hall–Kier alpha value is -1.59. The molecule has 2 aliphatic rings. The van der Waals surface area contributed by atoms with Gasteiger partial charge in [-0.05, 0) is 37.9 Å². The van der Waals surface area contributed by atoms with E-state index in [1.165, 1.54) is 5.56 Å². The first kappa shape index (κ1) is 18.2. The first-order valence-electron chi connectivity index (χ1n) is 9.55. The number of hydrogen-bond acceptors (Lipinski definition) is 3. The van der Waals surface area contributed by atoms with Crippen LogP contribution >= 0.6 is 0 Å². The highest BCUT2D eigenvalue weighted by Gasteiger charge is 2.31. The van der Waals surface area contributed by atoms with E-state index in [0.717, 1.165) is 45.6 Å². The van der Waals surface area contributed by atoms with Crippen LogP contribution in [0, 0.1) is 11.8 Å². The lowest BCUT2D eigenvalue weighted by Crippen LogP contribution is -2.41. The molecule has 1 aromatic rings. The van der Waals surface area contributed by atoms with E-state index in [2.05, 4.69) is 36.3 Å². The van der Waals surface area contributed by atoms with Crippen molar-refractivity contribution in [3.05, 3.63) is 35.9 Å². The largest absolute Gasteiger partial charge is 0.373 e. The Balaban J connectivity index is 1.46. The fourth-order valence-electron chi connectivity index (χ4n) is 3.92. The number of nitrogens with zero attached hydrogens (tertiary/aromatic N) is 2. The molecule has 2 heterocycles. The van der Waals surface area contributed by atoms with Crippen LogP contribution in [0.5, 0.6) is 0 Å². The van der Waals surface area contributed by atoms with Gasteiger partial charge in [-0.1, -0.05) is 37.3 Å². The van der Waals surface area contributed by atoms with E-state index in [-0.39, 0.29) is 12.1 Å². The van der Waals surface area contributed by atoms with Crippen molar-refractivity contribution in [3.63, 3.8) is 0 Å². The van der Waals surface area contributed by atoms with Crippen molar-refractivity contribution >= 4 is 6.03 Å². The van der Waals surface area contributed by atoms with E-state index >= 15 is 0 Å². The average Bonchev–Trinajstić information content (AvgIpc) is 3.29. The van der Waals surface area contributed by atoms with Crippen LogP contribution in [0.15, 0.2) is 30.3 Å². The molecular formula is C20H31N3O2. The zero-order valence-electron chi connectivity index (χ0n) is 15.5. The Morgan fingerprint density at radius 2 is 2.12 bits per heavy atom. The molecule has 2 aliphatic heterocycles. The Kier molecular flexibility index (Phi) is 6.32. The molecule has 1 N–H and O–H groups in total. The molecule has 3 rings (SSSR count). The molecule has 2 fully saturated rings. The zero-order chi connectivity index (χ0) is 17.6. The lowest BCUT2D eigenvalue weighted by Gasteiger charge is -2.23. The summed E-state index contributed by atoms with van der Waals surface area (Å²) < 4.78 is 5.91. The summed E-state index contributed by atoms with van der Waals surface area (Å²) in [6.45, 7) is 7.52. The molecule has 0 radical (unpaired) electrons. The van der Waals surface area contributed by atoms with E-state index < -0.39 is 0 Å². The number of carbonyl (C=O) groups is 1. The van der Waals surface area contributed by atoms with Gasteiger partial charge in [0.05, 0.1) is 6.10 Å². The van der Waals surface area contributed by atoms with Crippen LogP contribution in [-0.2, 0) is 4.74 Å². The molecule has 0 spiro atoms. The first-order valence-corrected chi connectivity index (χ1v) is 9.55. The highest BCUT2D eigenvalue weighted by atomic mass is 16.5. The summed E-state index contributed by atoms with van der Waals surface area (Å²) in [6.07, 6.45) is 2.21. The van der Waals surface area contributed by atoms with Crippen LogP contribution in [0.4, 0.5) is 4.79 Å². The predicted octanol–water partition coefficient (Wildman–Crippen LogP) is 2.75. The van der Waals surface area contributed by atoms with Crippen molar-refractivity contribution in [2.75, 3.05) is 46.4 Å². The standard InChI is InChI=1S/C20H31N3O2/c1-3-22(2)14-16-9-11-23(15-16)20(24)21-13-18-10-12-25-19(18)17-7-5-4-6-8-17/h4-8,16,18-19H,3,9-15H2,1-2H3,(H,21,24)/t16-,18+,19-/m0/s1. The predicted molar refractivity (Wildman–Crippen MR) is 99.5 cm³/mol. The summed E-state index contributed by atoms with van der Waals surface area (Å²) in [5, 5.41) is 3.15. The number of benzene rings is 1. The van der Waals surface area contributed by atoms with Crippen LogP contribution < -0.4 is 5.32 Å². The molecule has 0 aliphatic carbocycles. The molecule has 0 saturated carbocycles. The van der Waals surface area contributed by atoms with Gasteiger partial charge in [-0.25, -0.2) is 4.79 Å². The molecule has 0 bridgehead atoms. The number of hydrogen-bond donors (Lipinski definition) is 1. The molecule has 2 saturated heterocycles. The monoisotopic (exact) mass is 345 g/mol. The third-order valence-electron chi connectivity index (χ3n) is 5.54. The minimum absolute atomic E-state index is 0.0837. The molecule has 0 unspecified atom stereocenters. The molecule has 3 atom stereocenters. The van der Waals surface area contributed by atoms with Crippen molar-refractivity contribution < 1.29 is 9.53 Å². The van der Waals surface area contributed by atoms with E-state index in [1.54, 1.807) is 0 Å². The summed E-state index contributed by atoms with van der Waals surface area (Å²) in [6, 6.07) is 10.4. The van der Waals surface area contributed by atoms with Crippen molar-refractivity contribution in [3.8, 4) is 0 Å². The number of rotatable bonds is 6. The number of likely N-dealkylation sites (tertiary alicyclic amines) is 1. The fourth-order valence-corrected chi connectivity index (χ4v) is 3.92. The normalized spacial score (nSPS) is 26.4. The number of amides is 2. The van der Waals surface area contributed by atoms with Gasteiger partial charge in [-0.2, -0.15) is 0 Å². The van der Waals surface area contributed by atoms with Gasteiger partial charge in [0.2, 0.25) is 0 Å². The summed E-state index contributed by atoms with van der Waals surface area (Å²) in [5.74, 6) is 0.957. The van der Waals surface area contributed by atoms with Crippen molar-refractivity contribution in [1.29, 1.82) is 0 Å². The average molecular weight is 345 g/mol. The molecule has 2 amide bonds. The quantitative estimate of drug-likeness (QED) is 0.862. The molecule has 138 valence electrons. The summed E-state index contributed by atoms with van der Waals surface area (Å²) >= 11 is 0. The van der Waals surface area contributed by atoms with E-state index in [9.17, 15) is 4.79 Å². The Labute approximate surface area is 151 Å². The summed E-state index contributed by atoms with van der Waals surface area (Å²) in [5.41, 5.74) is 1.21. The number of nitrogens with one attached hydrogen (secondary N) is 1. The molecule has 25 heavy (non-hydrogen) atoms. The van der Waals surface area contributed by atoms with Crippen molar-refractivity contribution in [1.82, 2.24) is 15.1 Å². The Bertz CT molecular complexity index is 551. The minimum Gasteiger partial charge on any atom is -0.373 e. The van der Waals surface area contributed by atoms with Crippen LogP contribution in [-0.4, -0.2) is 62.2 Å². The van der Waals surface area contributed by atoms with Gasteiger partial charge in [-0.3, -0.25) is 0 Å².